The first-order valence-electron chi connectivity index (χ1n) is 35.5. The van der Waals surface area contributed by atoms with Gasteiger partial charge in [-0.2, -0.15) is 15.3 Å². The van der Waals surface area contributed by atoms with Crippen LogP contribution in [0.3, 0.4) is 0 Å². The third-order valence-electron chi connectivity index (χ3n) is 19.7. The number of pyridine rings is 2. The molecular weight excluding hydrogens is 1370 g/mol. The van der Waals surface area contributed by atoms with E-state index in [1.807, 2.05) is 189 Å². The molecule has 3 aliphatic carbocycles. The molecule has 0 saturated carbocycles. The maximum atomic E-state index is 12.9. The highest BCUT2D eigenvalue weighted by molar-refractivity contribution is 6.03. The van der Waals surface area contributed by atoms with E-state index in [1.54, 1.807) is 50.6 Å². The largest absolute Gasteiger partial charge is 0.389 e. The van der Waals surface area contributed by atoms with E-state index < -0.39 is 18.3 Å². The number of fused-ring (bicyclic) bond motifs is 6. The maximum absolute atomic E-state index is 12.9. The lowest BCUT2D eigenvalue weighted by molar-refractivity contribution is 0.0938. The molecule has 12 N–H and O–H groups in total. The van der Waals surface area contributed by atoms with Crippen molar-refractivity contribution in [2.24, 2.45) is 0 Å². The van der Waals surface area contributed by atoms with E-state index in [0.29, 0.717) is 123 Å². The van der Waals surface area contributed by atoms with Gasteiger partial charge in [0.05, 0.1) is 58.1 Å². The number of hydrogen-bond donors (Lipinski definition) is 9. The molecule has 26 heteroatoms. The molecule has 0 radical (unpaired) electrons. The highest BCUT2D eigenvalue weighted by atomic mass is 16.3. The van der Waals surface area contributed by atoms with Crippen LogP contribution in [-0.2, 0) is 19.6 Å². The summed E-state index contributed by atoms with van der Waals surface area (Å²) in [5.74, 6) is 0.494. The number of aromatic nitrogens is 14. The van der Waals surface area contributed by atoms with E-state index in [-0.39, 0.29) is 35.8 Å². The van der Waals surface area contributed by atoms with E-state index in [4.69, 9.17) is 32.5 Å². The number of carbonyl (C=O) groups excluding carboxylic acids is 3. The maximum Gasteiger partial charge on any atom is 0.270 e. The van der Waals surface area contributed by atoms with Crippen LogP contribution in [0.25, 0.3) is 99.3 Å². The topological polar surface area (TPSA) is 383 Å². The number of hydrogen-bond acceptors (Lipinski definition) is 20. The zero-order chi connectivity index (χ0) is 74.8. The van der Waals surface area contributed by atoms with Gasteiger partial charge in [-0.15, -0.1) is 0 Å². The predicted molar refractivity (Wildman–Crippen MR) is 418 cm³/mol. The van der Waals surface area contributed by atoms with Gasteiger partial charge >= 0.3 is 0 Å². The van der Waals surface area contributed by atoms with Crippen LogP contribution in [-0.4, -0.2) is 121 Å². The van der Waals surface area contributed by atoms with Gasteiger partial charge in [0.15, 0.2) is 16.9 Å². The van der Waals surface area contributed by atoms with E-state index in [2.05, 4.69) is 55.8 Å². The monoisotopic (exact) mass is 1440 g/mol. The Bertz CT molecular complexity index is 5850. The number of benzene rings is 7. The molecule has 15 aromatic rings. The number of nitrogen functional groups attached to an aromatic ring is 3. The van der Waals surface area contributed by atoms with Crippen LogP contribution in [0, 0.1) is 6.92 Å². The second-order valence-corrected chi connectivity index (χ2v) is 27.0. The number of nitrogens with zero attached hydrogens (tertiary/aromatic N) is 14. The van der Waals surface area contributed by atoms with Gasteiger partial charge < -0.3 is 48.5 Å². The second kappa shape index (κ2) is 30.0. The fourth-order valence-electron chi connectivity index (χ4n) is 14.0. The van der Waals surface area contributed by atoms with E-state index in [0.717, 1.165) is 71.4 Å². The molecule has 0 aliphatic heterocycles. The van der Waals surface area contributed by atoms with Crippen LogP contribution in [0.15, 0.2) is 238 Å². The fraction of sp³-hybridized carbons (Fsp3) is 0.157. The lowest BCUT2D eigenvalue weighted by atomic mass is 10.0. The molecular formula is C83H72N20O6. The number of nitrogens with two attached hydrogens (primary N) is 3. The van der Waals surface area contributed by atoms with Gasteiger partial charge in [0.25, 0.3) is 17.7 Å². The summed E-state index contributed by atoms with van der Waals surface area (Å²) in [4.78, 5) is 72.7. The Hall–Kier alpha value is -13.8. The number of allylic oxidation sites excluding steroid dienone is 3. The SMILES string of the molecule is Cc1cc2ccccc2cc1C(=O)NCc1ccc(-c2nn(C3C=CC(O)C3)c3ncnc(N)c23)cc1.Nc1ncnc2c1c(-c1ccc(CNC(=O)c3cc4ccccc4cn3)cc1)nn2C1C=CC(O)C1.Nc1ncnc2c1c(-c1ccc(CNC(=O)c3ccc4ccccc4n3)cc1)nn2C1C=CC(O)C1. The van der Waals surface area contributed by atoms with E-state index in [1.165, 1.54) is 19.0 Å². The van der Waals surface area contributed by atoms with Crippen molar-refractivity contribution in [1.82, 2.24) is 85.2 Å². The van der Waals surface area contributed by atoms with E-state index >= 15 is 0 Å². The number of aryl methyl sites for hydroxylation is 1. The molecule has 18 rings (SSSR count). The molecule has 6 atom stereocenters. The Morgan fingerprint density at radius 3 is 1.20 bits per heavy atom. The number of amides is 3. The van der Waals surface area contributed by atoms with Gasteiger partial charge in [-0.3, -0.25) is 19.4 Å². The number of carbonyl (C=O) groups is 3. The molecule has 0 fully saturated rings. The van der Waals surface area contributed by atoms with Crippen molar-refractivity contribution in [3.8, 4) is 33.8 Å². The minimum Gasteiger partial charge on any atom is -0.389 e. The van der Waals surface area contributed by atoms with Gasteiger partial charge in [-0.25, -0.2) is 48.9 Å². The summed E-state index contributed by atoms with van der Waals surface area (Å²) in [5, 5.41) is 60.3. The average Bonchev–Trinajstić information content (AvgIpc) is 1.62. The van der Waals surface area contributed by atoms with Crippen molar-refractivity contribution in [3.05, 3.63) is 277 Å². The molecule has 0 spiro atoms. The van der Waals surface area contributed by atoms with Crippen molar-refractivity contribution >= 4 is 101 Å². The molecule has 0 saturated heterocycles. The van der Waals surface area contributed by atoms with Crippen molar-refractivity contribution in [1.29, 1.82) is 0 Å². The summed E-state index contributed by atoms with van der Waals surface area (Å²) < 4.78 is 5.38. The molecule has 7 aromatic carbocycles. The molecule has 109 heavy (non-hydrogen) atoms. The van der Waals surface area contributed by atoms with Gasteiger partial charge in [0.2, 0.25) is 0 Å². The third kappa shape index (κ3) is 14.5. The standard InChI is InChI=1S/C29H26N6O2.2C27H23N7O2/c1-17-12-20-4-2-3-5-21(20)13-24(17)29(37)31-15-18-6-8-19(9-7-18)26-25-27(30)32-16-33-28(25)35(34-26)22-10-11-23(36)14-22;28-25-23-24(33-34(26(23)31-15-30-25)19-10-11-20(35)13-19)18-7-5-16(6-8-18)14-29-27(36)22-12-9-17-3-1-2-4-21(17)32-22;28-25-23-24(33-34(26(23)32-15-31-25)20-9-10-21(35)12-20)17-7-5-16(6-8-17)13-30-27(36)22-11-18-3-1-2-4-19(18)14-29-22/h2-13,16,22-23,36H,14-15H2,1H3,(H,31,37)(H2,30,32,33);1-12,15,19-20,35H,13-14H2,(H,29,36)(H2,28,30,31);1-11,14-15,20-21,35H,12-13H2,(H,30,36)(H2,28,31,32). The molecule has 8 heterocycles. The number of para-hydroxylation sites is 1. The summed E-state index contributed by atoms with van der Waals surface area (Å²) in [6, 6.07) is 56.0. The Kier molecular flexibility index (Phi) is 19.1. The Morgan fingerprint density at radius 1 is 0.404 bits per heavy atom. The summed E-state index contributed by atoms with van der Waals surface area (Å²) in [6.07, 6.45) is 17.2. The smallest absolute Gasteiger partial charge is 0.270 e. The van der Waals surface area contributed by atoms with Crippen LogP contribution in [0.5, 0.6) is 0 Å². The lowest BCUT2D eigenvalue weighted by Crippen LogP contribution is -2.23. The van der Waals surface area contributed by atoms with Crippen molar-refractivity contribution < 1.29 is 29.7 Å². The van der Waals surface area contributed by atoms with E-state index in [9.17, 15) is 29.7 Å². The first-order valence-corrected chi connectivity index (χ1v) is 35.5. The quantitative estimate of drug-likeness (QED) is 0.0430. The average molecular weight is 1450 g/mol. The summed E-state index contributed by atoms with van der Waals surface area (Å²) in [6.45, 7) is 3.07. The first kappa shape index (κ1) is 69.5. The van der Waals surface area contributed by atoms with Gasteiger partial charge in [-0.1, -0.05) is 188 Å². The number of aliphatic hydroxyl groups excluding tert-OH is 3. The van der Waals surface area contributed by atoms with Crippen LogP contribution < -0.4 is 33.2 Å². The van der Waals surface area contributed by atoms with Crippen molar-refractivity contribution in [3.63, 3.8) is 0 Å². The summed E-state index contributed by atoms with van der Waals surface area (Å²) >= 11 is 0. The minimum atomic E-state index is -0.504. The van der Waals surface area contributed by atoms with Gasteiger partial charge in [0.1, 0.15) is 64.9 Å². The lowest BCUT2D eigenvalue weighted by Gasteiger charge is -2.10. The van der Waals surface area contributed by atoms with Crippen LogP contribution >= 0.6 is 0 Å². The van der Waals surface area contributed by atoms with Gasteiger partial charge in [0, 0.05) is 78.1 Å². The zero-order valence-electron chi connectivity index (χ0n) is 58.8. The summed E-state index contributed by atoms with van der Waals surface area (Å²) in [7, 11) is 0. The molecule has 3 amide bonds. The first-order chi connectivity index (χ1) is 53.1. The molecule has 26 nitrogen and oxygen atoms in total. The Balaban J connectivity index is 0.000000124. The van der Waals surface area contributed by atoms with Crippen LogP contribution in [0.1, 0.15) is 91.0 Å². The number of aliphatic hydroxyl groups is 3. The summed E-state index contributed by atoms with van der Waals surface area (Å²) in [5.41, 5.74) is 31.1. The highest BCUT2D eigenvalue weighted by Gasteiger charge is 2.29. The molecule has 8 aromatic heterocycles. The predicted octanol–water partition coefficient (Wildman–Crippen LogP) is 11.2. The highest BCUT2D eigenvalue weighted by Crippen LogP contribution is 2.38. The molecule has 3 aliphatic rings. The second-order valence-electron chi connectivity index (χ2n) is 27.0. The zero-order valence-corrected chi connectivity index (χ0v) is 58.8. The molecule has 540 valence electrons. The van der Waals surface area contributed by atoms with Crippen LogP contribution in [0.2, 0.25) is 0 Å². The van der Waals surface area contributed by atoms with Crippen molar-refractivity contribution in [2.75, 3.05) is 17.2 Å². The Labute approximate surface area is 622 Å². The number of nitrogens with one attached hydrogen (secondary N) is 3. The minimum absolute atomic E-state index is 0.103. The third-order valence-corrected chi connectivity index (χ3v) is 19.7. The van der Waals surface area contributed by atoms with Crippen LogP contribution in [0.4, 0.5) is 17.5 Å². The Morgan fingerprint density at radius 2 is 0.780 bits per heavy atom. The number of anilines is 3. The van der Waals surface area contributed by atoms with Gasteiger partial charge in [-0.05, 0) is 69.6 Å². The molecule has 6 unspecified atom stereocenters. The molecule has 0 bridgehead atoms. The normalized spacial score (nSPS) is 17.1. The number of rotatable bonds is 15. The van der Waals surface area contributed by atoms with Crippen molar-refractivity contribution in [2.45, 2.75) is 82.3 Å². The fourth-order valence-corrected chi connectivity index (χ4v) is 14.0.